The molecule has 3 fully saturated rings. The second-order valence-electron chi connectivity index (χ2n) is 8.10. The fraction of sp³-hybridized carbons (Fsp3) is 0.474. The van der Waals surface area contributed by atoms with Crippen LogP contribution in [0, 0.1) is 11.7 Å². The van der Waals surface area contributed by atoms with Gasteiger partial charge in [-0.05, 0) is 56.5 Å². The summed E-state index contributed by atoms with van der Waals surface area (Å²) in [5.41, 5.74) is 0.977. The number of aromatic hydroxyl groups is 1. The van der Waals surface area contributed by atoms with Gasteiger partial charge in [0, 0.05) is 23.7 Å². The number of nitrogens with zero attached hydrogens (tertiary/aromatic N) is 3. The molecule has 1 atom stereocenters. The molecular formula is C19H22FN5O4S. The Bertz CT molecular complexity index is 1120. The number of benzene rings is 1. The number of rotatable bonds is 5. The van der Waals surface area contributed by atoms with Gasteiger partial charge in [0.25, 0.3) is 5.91 Å². The van der Waals surface area contributed by atoms with Crippen LogP contribution in [0.1, 0.15) is 30.9 Å². The van der Waals surface area contributed by atoms with E-state index in [0.717, 1.165) is 44.6 Å². The van der Waals surface area contributed by atoms with Gasteiger partial charge in [0.1, 0.15) is 18.0 Å². The third-order valence-corrected chi connectivity index (χ3v) is 7.22. The molecule has 1 unspecified atom stereocenters. The molecule has 3 heterocycles. The minimum absolute atomic E-state index is 0.0857. The minimum Gasteiger partial charge on any atom is -0.506 e. The van der Waals surface area contributed by atoms with Crippen LogP contribution in [0.5, 0.6) is 5.75 Å². The van der Waals surface area contributed by atoms with Crippen LogP contribution in [-0.4, -0.2) is 48.8 Å². The fourth-order valence-corrected chi connectivity index (χ4v) is 5.33. The van der Waals surface area contributed by atoms with Crippen LogP contribution in [0.15, 0.2) is 18.2 Å². The van der Waals surface area contributed by atoms with E-state index < -0.39 is 39.9 Å². The first kappa shape index (κ1) is 19.3. The third kappa shape index (κ3) is 3.31. The number of phenolic OH excluding ortho intramolecular Hbond substituents is 1. The van der Waals surface area contributed by atoms with Crippen LogP contribution < -0.4 is 14.3 Å². The minimum atomic E-state index is -4.25. The molecule has 9 nitrogen and oxygen atoms in total. The van der Waals surface area contributed by atoms with Crippen LogP contribution in [-0.2, 0) is 21.5 Å². The number of carbonyl (C=O) groups excluding carboxylic acids is 1. The molecule has 1 aromatic heterocycles. The molecule has 1 aliphatic carbocycles. The summed E-state index contributed by atoms with van der Waals surface area (Å²) in [6.07, 6.45) is 3.19. The summed E-state index contributed by atoms with van der Waals surface area (Å²) in [6.45, 7) is 2.05. The standard InChI is InChI=1S/C19H22FN5O4S/c20-18-13(3-4-16(26)19(18)25-10-17(27)23-30(25,28)29)14-7-15(12-1-2-12)24(22-14)9-11-5-6-21-8-11/h3-4,7,11-12,21,26H,1-2,5-6,8-10H2,(H,23,27). The van der Waals surface area contributed by atoms with E-state index in [4.69, 9.17) is 0 Å². The van der Waals surface area contributed by atoms with E-state index in [1.807, 2.05) is 10.7 Å². The first-order valence-corrected chi connectivity index (χ1v) is 11.4. The molecule has 1 amide bonds. The van der Waals surface area contributed by atoms with Crippen LogP contribution in [0.25, 0.3) is 11.3 Å². The number of hydrogen-bond donors (Lipinski definition) is 3. The Morgan fingerprint density at radius 1 is 1.27 bits per heavy atom. The van der Waals surface area contributed by atoms with Crippen LogP contribution in [0.3, 0.4) is 0 Å². The Morgan fingerprint density at radius 3 is 2.70 bits per heavy atom. The Kier molecular flexibility index (Phi) is 4.47. The van der Waals surface area contributed by atoms with Gasteiger partial charge in [-0.1, -0.05) is 0 Å². The molecule has 160 valence electrons. The summed E-state index contributed by atoms with van der Waals surface area (Å²) in [6, 6.07) is 4.45. The normalized spacial score (nSPS) is 23.2. The van der Waals surface area contributed by atoms with Crippen molar-refractivity contribution >= 4 is 21.8 Å². The van der Waals surface area contributed by atoms with Gasteiger partial charge < -0.3 is 10.4 Å². The lowest BCUT2D eigenvalue weighted by Gasteiger charge is -2.18. The van der Waals surface area contributed by atoms with Gasteiger partial charge in [-0.15, -0.1) is 0 Å². The summed E-state index contributed by atoms with van der Waals surface area (Å²) >= 11 is 0. The zero-order valence-electron chi connectivity index (χ0n) is 16.1. The molecule has 0 bridgehead atoms. The predicted octanol–water partition coefficient (Wildman–Crippen LogP) is 1.06. The number of carbonyl (C=O) groups is 1. The first-order chi connectivity index (χ1) is 14.3. The molecular weight excluding hydrogens is 413 g/mol. The third-order valence-electron chi connectivity index (χ3n) is 5.84. The molecule has 1 aromatic carbocycles. The molecule has 3 N–H and O–H groups in total. The summed E-state index contributed by atoms with van der Waals surface area (Å²) < 4.78 is 44.0. The molecule has 0 spiro atoms. The van der Waals surface area contributed by atoms with Gasteiger partial charge in [0.05, 0.1) is 5.69 Å². The van der Waals surface area contributed by atoms with Crippen molar-refractivity contribution in [1.82, 2.24) is 19.8 Å². The molecule has 2 aromatic rings. The highest BCUT2D eigenvalue weighted by molar-refractivity contribution is 7.92. The zero-order chi connectivity index (χ0) is 21.0. The number of anilines is 1. The SMILES string of the molecule is O=C1CN(c2c(O)ccc(-c3cc(C4CC4)n(CC4CCNC4)n3)c2F)S(=O)(=O)N1. The number of amides is 1. The maximum Gasteiger partial charge on any atom is 0.326 e. The second-order valence-corrected chi connectivity index (χ2v) is 9.70. The van der Waals surface area contributed by atoms with Crippen molar-refractivity contribution in [2.45, 2.75) is 31.7 Å². The van der Waals surface area contributed by atoms with Crippen molar-refractivity contribution in [2.24, 2.45) is 5.92 Å². The highest BCUT2D eigenvalue weighted by Gasteiger charge is 2.38. The molecule has 30 heavy (non-hydrogen) atoms. The number of halogens is 1. The van der Waals surface area contributed by atoms with Gasteiger partial charge in [0.2, 0.25) is 0 Å². The lowest BCUT2D eigenvalue weighted by atomic mass is 10.1. The summed E-state index contributed by atoms with van der Waals surface area (Å²) in [4.78, 5) is 11.6. The smallest absolute Gasteiger partial charge is 0.326 e. The van der Waals surface area contributed by atoms with Gasteiger partial charge >= 0.3 is 10.2 Å². The van der Waals surface area contributed by atoms with Crippen molar-refractivity contribution in [1.29, 1.82) is 0 Å². The largest absolute Gasteiger partial charge is 0.506 e. The average Bonchev–Trinajstić information content (AvgIpc) is 3.11. The Labute approximate surface area is 173 Å². The zero-order valence-corrected chi connectivity index (χ0v) is 17.0. The van der Waals surface area contributed by atoms with Crippen molar-refractivity contribution < 1.29 is 22.7 Å². The molecule has 1 saturated carbocycles. The predicted molar refractivity (Wildman–Crippen MR) is 107 cm³/mol. The summed E-state index contributed by atoms with van der Waals surface area (Å²) in [5.74, 6) is -1.41. The lowest BCUT2D eigenvalue weighted by Crippen LogP contribution is -2.30. The quantitative estimate of drug-likeness (QED) is 0.647. The second kappa shape index (κ2) is 6.95. The summed E-state index contributed by atoms with van der Waals surface area (Å²) in [7, 11) is -4.25. The van der Waals surface area contributed by atoms with E-state index in [1.165, 1.54) is 12.1 Å². The van der Waals surface area contributed by atoms with E-state index >= 15 is 4.39 Å². The Morgan fingerprint density at radius 2 is 2.07 bits per heavy atom. The van der Waals surface area contributed by atoms with Gasteiger partial charge in [-0.25, -0.2) is 13.4 Å². The van der Waals surface area contributed by atoms with Crippen molar-refractivity contribution in [3.8, 4) is 17.0 Å². The molecule has 3 aliphatic rings. The van der Waals surface area contributed by atoms with Crippen molar-refractivity contribution in [3.05, 3.63) is 29.7 Å². The van der Waals surface area contributed by atoms with Crippen LogP contribution in [0.2, 0.25) is 0 Å². The van der Waals surface area contributed by atoms with Gasteiger partial charge in [0.15, 0.2) is 5.82 Å². The van der Waals surface area contributed by atoms with E-state index in [-0.39, 0.29) is 5.56 Å². The first-order valence-electron chi connectivity index (χ1n) is 9.97. The topological polar surface area (TPSA) is 117 Å². The Hall–Kier alpha value is -2.66. The number of hydrogen-bond acceptors (Lipinski definition) is 6. The maximum atomic E-state index is 15.4. The van der Waals surface area contributed by atoms with Crippen LogP contribution in [0.4, 0.5) is 10.1 Å². The summed E-state index contributed by atoms with van der Waals surface area (Å²) in [5, 5.41) is 18.1. The van der Waals surface area contributed by atoms with E-state index in [9.17, 15) is 18.3 Å². The average molecular weight is 435 g/mol. The monoisotopic (exact) mass is 435 g/mol. The molecule has 2 saturated heterocycles. The van der Waals surface area contributed by atoms with Gasteiger partial charge in [-0.3, -0.25) is 9.48 Å². The molecule has 11 heteroatoms. The molecule has 0 radical (unpaired) electrons. The van der Waals surface area contributed by atoms with Crippen molar-refractivity contribution in [3.63, 3.8) is 0 Å². The van der Waals surface area contributed by atoms with E-state index in [1.54, 1.807) is 4.72 Å². The van der Waals surface area contributed by atoms with E-state index in [0.29, 0.717) is 21.8 Å². The number of nitrogens with one attached hydrogen (secondary N) is 2. The fourth-order valence-electron chi connectivity index (χ4n) is 4.17. The number of phenols is 1. The molecule has 5 rings (SSSR count). The van der Waals surface area contributed by atoms with E-state index in [2.05, 4.69) is 10.4 Å². The lowest BCUT2D eigenvalue weighted by molar-refractivity contribution is -0.117. The number of aromatic nitrogens is 2. The highest BCUT2D eigenvalue weighted by atomic mass is 32.2. The van der Waals surface area contributed by atoms with Crippen molar-refractivity contribution in [2.75, 3.05) is 23.9 Å². The highest BCUT2D eigenvalue weighted by Crippen LogP contribution is 2.43. The molecule has 2 aliphatic heterocycles. The van der Waals surface area contributed by atoms with Crippen LogP contribution >= 0.6 is 0 Å². The Balaban J connectivity index is 1.55. The van der Waals surface area contributed by atoms with Gasteiger partial charge in [-0.2, -0.15) is 13.5 Å². The maximum absolute atomic E-state index is 15.4.